The van der Waals surface area contributed by atoms with Crippen molar-refractivity contribution >= 4 is 34.9 Å². The number of allylic oxidation sites excluding steroid dienone is 1. The fourth-order valence-electron chi connectivity index (χ4n) is 2.12. The predicted octanol–water partition coefficient (Wildman–Crippen LogP) is 5.38. The van der Waals surface area contributed by atoms with Crippen LogP contribution in [0.5, 0.6) is 5.75 Å². The maximum Gasteiger partial charge on any atom is 0.121 e. The number of nitriles is 1. The summed E-state index contributed by atoms with van der Waals surface area (Å²) in [6.07, 6.45) is 1.74. The lowest BCUT2D eigenvalue weighted by Crippen LogP contribution is -1.87. The minimum absolute atomic E-state index is 0.273. The van der Waals surface area contributed by atoms with Gasteiger partial charge in [0.25, 0.3) is 0 Å². The van der Waals surface area contributed by atoms with Gasteiger partial charge in [-0.25, -0.2) is 0 Å². The molecule has 0 aliphatic carbocycles. The first-order valence-electron chi connectivity index (χ1n) is 6.30. The van der Waals surface area contributed by atoms with Crippen molar-refractivity contribution in [3.05, 3.63) is 62.6 Å². The molecule has 2 aromatic carbocycles. The fourth-order valence-corrected chi connectivity index (χ4v) is 2.63. The Morgan fingerprint density at radius 1 is 1.14 bits per heavy atom. The average Bonchev–Trinajstić information content (AvgIpc) is 2.42. The van der Waals surface area contributed by atoms with E-state index in [2.05, 4.69) is 6.07 Å². The molecule has 0 amide bonds. The molecule has 0 aromatic heterocycles. The number of aryl methyl sites for hydroxylation is 2. The zero-order valence-electron chi connectivity index (χ0n) is 11.6. The van der Waals surface area contributed by atoms with E-state index in [1.807, 2.05) is 26.0 Å². The number of rotatable bonds is 2. The summed E-state index contributed by atoms with van der Waals surface area (Å²) in [5.41, 5.74) is 3.44. The predicted molar refractivity (Wildman–Crippen MR) is 87.5 cm³/mol. The van der Waals surface area contributed by atoms with Gasteiger partial charge in [-0.1, -0.05) is 29.3 Å². The van der Waals surface area contributed by atoms with Crippen molar-refractivity contribution in [1.82, 2.24) is 0 Å². The third kappa shape index (κ3) is 3.39. The number of benzene rings is 2. The van der Waals surface area contributed by atoms with Gasteiger partial charge in [0.05, 0.1) is 16.7 Å². The van der Waals surface area contributed by atoms with Crippen LogP contribution in [0, 0.1) is 25.2 Å². The van der Waals surface area contributed by atoms with Crippen LogP contribution in [-0.4, -0.2) is 5.11 Å². The smallest absolute Gasteiger partial charge is 0.121 e. The van der Waals surface area contributed by atoms with Gasteiger partial charge in [0, 0.05) is 10.6 Å². The standard InChI is InChI=1S/C17H13Cl2NO/c1-10-5-12(6-11(2)17(10)21)7-13(9-20)15-4-3-14(18)8-16(15)19/h3-8,21H,1-2H3/b13-7-. The maximum atomic E-state index is 9.79. The molecule has 0 saturated heterocycles. The van der Waals surface area contributed by atoms with Crippen LogP contribution in [0.15, 0.2) is 30.3 Å². The number of halogens is 2. The molecular weight excluding hydrogens is 305 g/mol. The molecule has 0 saturated carbocycles. The molecule has 0 unspecified atom stereocenters. The lowest BCUT2D eigenvalue weighted by molar-refractivity contribution is 0.467. The van der Waals surface area contributed by atoms with E-state index < -0.39 is 0 Å². The third-order valence-electron chi connectivity index (χ3n) is 3.17. The second kappa shape index (κ2) is 6.22. The largest absolute Gasteiger partial charge is 0.507 e. The molecule has 0 aliphatic rings. The average molecular weight is 318 g/mol. The first-order valence-corrected chi connectivity index (χ1v) is 7.05. The highest BCUT2D eigenvalue weighted by atomic mass is 35.5. The highest BCUT2D eigenvalue weighted by Crippen LogP contribution is 2.30. The van der Waals surface area contributed by atoms with Gasteiger partial charge in [-0.2, -0.15) is 5.26 Å². The molecule has 21 heavy (non-hydrogen) atoms. The minimum atomic E-state index is 0.273. The van der Waals surface area contributed by atoms with Gasteiger partial charge in [-0.15, -0.1) is 0 Å². The second-order valence-electron chi connectivity index (χ2n) is 4.80. The summed E-state index contributed by atoms with van der Waals surface area (Å²) in [6, 6.07) is 10.8. The number of phenols is 1. The van der Waals surface area contributed by atoms with Crippen LogP contribution in [0.3, 0.4) is 0 Å². The fraction of sp³-hybridized carbons (Fsp3) is 0.118. The van der Waals surface area contributed by atoms with E-state index in [0.29, 0.717) is 21.2 Å². The summed E-state index contributed by atoms with van der Waals surface area (Å²) in [5, 5.41) is 20.1. The zero-order chi connectivity index (χ0) is 15.6. The van der Waals surface area contributed by atoms with E-state index in [1.165, 1.54) is 0 Å². The Balaban J connectivity index is 2.54. The molecule has 2 aromatic rings. The van der Waals surface area contributed by atoms with Crippen molar-refractivity contribution in [1.29, 1.82) is 5.26 Å². The van der Waals surface area contributed by atoms with Crippen molar-refractivity contribution in [2.24, 2.45) is 0 Å². The summed E-state index contributed by atoms with van der Waals surface area (Å²) in [6.45, 7) is 3.64. The topological polar surface area (TPSA) is 44.0 Å². The number of nitrogens with zero attached hydrogens (tertiary/aromatic N) is 1. The van der Waals surface area contributed by atoms with Crippen molar-refractivity contribution < 1.29 is 5.11 Å². The summed E-state index contributed by atoms with van der Waals surface area (Å²) in [7, 11) is 0. The SMILES string of the molecule is Cc1cc(/C=C(/C#N)c2ccc(Cl)cc2Cl)cc(C)c1O. The first-order chi connectivity index (χ1) is 9.92. The van der Waals surface area contributed by atoms with Gasteiger partial charge in [-0.3, -0.25) is 0 Å². The molecule has 0 aliphatic heterocycles. The molecule has 0 heterocycles. The Morgan fingerprint density at radius 2 is 1.76 bits per heavy atom. The summed E-state index contributed by atoms with van der Waals surface area (Å²) >= 11 is 12.0. The second-order valence-corrected chi connectivity index (χ2v) is 5.64. The van der Waals surface area contributed by atoms with Gasteiger partial charge >= 0.3 is 0 Å². The van der Waals surface area contributed by atoms with Crippen molar-refractivity contribution in [3.8, 4) is 11.8 Å². The van der Waals surface area contributed by atoms with Crippen LogP contribution in [0.1, 0.15) is 22.3 Å². The quantitative estimate of drug-likeness (QED) is 0.597. The number of hydrogen-bond acceptors (Lipinski definition) is 2. The maximum absolute atomic E-state index is 9.79. The van der Waals surface area contributed by atoms with Crippen LogP contribution >= 0.6 is 23.2 Å². The summed E-state index contributed by atoms with van der Waals surface area (Å²) in [5.74, 6) is 0.273. The Bertz CT molecular complexity index is 750. The molecule has 2 rings (SSSR count). The van der Waals surface area contributed by atoms with Gasteiger partial charge in [0.1, 0.15) is 5.75 Å². The minimum Gasteiger partial charge on any atom is -0.507 e. The first kappa shape index (κ1) is 15.4. The van der Waals surface area contributed by atoms with Crippen LogP contribution < -0.4 is 0 Å². The van der Waals surface area contributed by atoms with Crippen LogP contribution in [0.25, 0.3) is 11.6 Å². The van der Waals surface area contributed by atoms with E-state index in [1.54, 1.807) is 24.3 Å². The highest BCUT2D eigenvalue weighted by Gasteiger charge is 2.08. The van der Waals surface area contributed by atoms with Crippen LogP contribution in [-0.2, 0) is 0 Å². The van der Waals surface area contributed by atoms with E-state index in [4.69, 9.17) is 23.2 Å². The molecule has 0 radical (unpaired) electrons. The lowest BCUT2D eigenvalue weighted by atomic mass is 10.0. The highest BCUT2D eigenvalue weighted by molar-refractivity contribution is 6.36. The molecule has 0 fully saturated rings. The molecule has 1 N–H and O–H groups in total. The number of phenolic OH excluding ortho intramolecular Hbond substituents is 1. The van der Waals surface area contributed by atoms with Gasteiger partial charge in [0.15, 0.2) is 0 Å². The summed E-state index contributed by atoms with van der Waals surface area (Å²) in [4.78, 5) is 0. The monoisotopic (exact) mass is 317 g/mol. The van der Waals surface area contributed by atoms with Gasteiger partial charge in [-0.05, 0) is 60.9 Å². The van der Waals surface area contributed by atoms with E-state index >= 15 is 0 Å². The molecule has 2 nitrogen and oxygen atoms in total. The Kier molecular flexibility index (Phi) is 4.57. The van der Waals surface area contributed by atoms with E-state index in [9.17, 15) is 10.4 Å². The van der Waals surface area contributed by atoms with E-state index in [-0.39, 0.29) is 5.75 Å². The summed E-state index contributed by atoms with van der Waals surface area (Å²) < 4.78 is 0. The van der Waals surface area contributed by atoms with Crippen LogP contribution in [0.4, 0.5) is 0 Å². The number of hydrogen-bond donors (Lipinski definition) is 1. The molecular formula is C17H13Cl2NO. The Hall–Kier alpha value is -1.95. The van der Waals surface area contributed by atoms with Crippen LogP contribution in [0.2, 0.25) is 10.0 Å². The Morgan fingerprint density at radius 3 is 2.29 bits per heavy atom. The molecule has 0 bridgehead atoms. The van der Waals surface area contributed by atoms with Gasteiger partial charge < -0.3 is 5.11 Å². The van der Waals surface area contributed by atoms with Crippen molar-refractivity contribution in [2.75, 3.05) is 0 Å². The van der Waals surface area contributed by atoms with Gasteiger partial charge in [0.2, 0.25) is 0 Å². The van der Waals surface area contributed by atoms with E-state index in [0.717, 1.165) is 16.7 Å². The molecule has 4 heteroatoms. The number of aromatic hydroxyl groups is 1. The normalized spacial score (nSPS) is 11.3. The van der Waals surface area contributed by atoms with Crippen molar-refractivity contribution in [2.45, 2.75) is 13.8 Å². The molecule has 0 atom stereocenters. The molecule has 106 valence electrons. The van der Waals surface area contributed by atoms with Crippen molar-refractivity contribution in [3.63, 3.8) is 0 Å². The lowest BCUT2D eigenvalue weighted by Gasteiger charge is -2.07. The molecule has 0 spiro atoms. The Labute approximate surface area is 133 Å². The third-order valence-corrected chi connectivity index (χ3v) is 3.71. The zero-order valence-corrected chi connectivity index (χ0v) is 13.1.